The van der Waals surface area contributed by atoms with E-state index in [0.29, 0.717) is 36.9 Å². The Hall–Kier alpha value is -1.23. The predicted molar refractivity (Wildman–Crippen MR) is 65.2 cm³/mol. The lowest BCUT2D eigenvalue weighted by molar-refractivity contribution is -0.120. The van der Waals surface area contributed by atoms with Gasteiger partial charge in [0.15, 0.2) is 0 Å². The van der Waals surface area contributed by atoms with Crippen molar-refractivity contribution in [3.05, 3.63) is 11.7 Å². The normalized spacial score (nSPS) is 18.3. The second kappa shape index (κ2) is 5.18. The fraction of sp³-hybridized carbons (Fsp3) is 0.769. The molecule has 1 aromatic heterocycles. The third-order valence-corrected chi connectivity index (χ3v) is 3.38. The minimum Gasteiger partial charge on any atom is -0.368 e. The smallest absolute Gasteiger partial charge is 0.229 e. The van der Waals surface area contributed by atoms with Gasteiger partial charge in [0.25, 0.3) is 0 Å². The van der Waals surface area contributed by atoms with Crippen LogP contribution in [0.4, 0.5) is 0 Å². The summed E-state index contributed by atoms with van der Waals surface area (Å²) in [5.74, 6) is 1.78. The Morgan fingerprint density at radius 1 is 1.39 bits per heavy atom. The number of carbonyl (C=O) groups is 1. The summed E-state index contributed by atoms with van der Waals surface area (Å²) in [6.45, 7) is 6.40. The number of ether oxygens (including phenoxy) is 1. The zero-order chi connectivity index (χ0) is 13.2. The van der Waals surface area contributed by atoms with Crippen LogP contribution in [0.15, 0.2) is 4.52 Å². The molecule has 1 aliphatic carbocycles. The molecule has 0 amide bonds. The highest BCUT2D eigenvalue weighted by Crippen LogP contribution is 2.31. The molecule has 1 heterocycles. The number of hydrogen-bond acceptors (Lipinski definition) is 5. The first-order valence-corrected chi connectivity index (χ1v) is 6.52. The van der Waals surface area contributed by atoms with Crippen LogP contribution in [-0.2, 0) is 15.1 Å². The monoisotopic (exact) mass is 252 g/mol. The lowest BCUT2D eigenvalue weighted by atomic mass is 9.88. The van der Waals surface area contributed by atoms with Crippen molar-refractivity contribution in [3.63, 3.8) is 0 Å². The zero-order valence-corrected chi connectivity index (χ0v) is 11.2. The van der Waals surface area contributed by atoms with Crippen LogP contribution in [0.3, 0.4) is 0 Å². The largest absolute Gasteiger partial charge is 0.368 e. The van der Waals surface area contributed by atoms with Gasteiger partial charge in [-0.15, -0.1) is 0 Å². The maximum Gasteiger partial charge on any atom is 0.229 e. The topological polar surface area (TPSA) is 65.2 Å². The summed E-state index contributed by atoms with van der Waals surface area (Å²) in [6.07, 6.45) is 2.87. The molecule has 5 nitrogen and oxygen atoms in total. The summed E-state index contributed by atoms with van der Waals surface area (Å²) in [5.41, 5.74) is -0.527. The number of aromatic nitrogens is 2. The van der Waals surface area contributed by atoms with E-state index in [1.54, 1.807) is 0 Å². The van der Waals surface area contributed by atoms with Crippen molar-refractivity contribution >= 4 is 5.78 Å². The van der Waals surface area contributed by atoms with Gasteiger partial charge in [0, 0.05) is 25.4 Å². The molecular weight excluding hydrogens is 232 g/mol. The van der Waals surface area contributed by atoms with E-state index >= 15 is 0 Å². The van der Waals surface area contributed by atoms with Crippen LogP contribution in [0.2, 0.25) is 0 Å². The Morgan fingerprint density at radius 2 is 2.06 bits per heavy atom. The molecule has 0 radical (unpaired) electrons. The van der Waals surface area contributed by atoms with Crippen LogP contribution in [-0.4, -0.2) is 22.5 Å². The average Bonchev–Trinajstić information content (AvgIpc) is 2.80. The molecule has 1 aliphatic rings. The Labute approximate surface area is 107 Å². The number of nitrogens with zero attached hydrogens (tertiary/aromatic N) is 2. The molecule has 0 atom stereocenters. The van der Waals surface area contributed by atoms with Gasteiger partial charge in [0.1, 0.15) is 11.4 Å². The van der Waals surface area contributed by atoms with E-state index in [1.807, 2.05) is 20.8 Å². The van der Waals surface area contributed by atoms with Crippen LogP contribution < -0.4 is 0 Å². The minimum atomic E-state index is -0.527. The number of hydrogen-bond donors (Lipinski definition) is 0. The van der Waals surface area contributed by atoms with E-state index in [4.69, 9.17) is 9.26 Å². The summed E-state index contributed by atoms with van der Waals surface area (Å²) in [7, 11) is 0. The fourth-order valence-electron chi connectivity index (χ4n) is 2.26. The molecule has 0 spiro atoms. The second-order valence-corrected chi connectivity index (χ2v) is 5.21. The van der Waals surface area contributed by atoms with Crippen LogP contribution >= 0.6 is 0 Å². The van der Waals surface area contributed by atoms with Gasteiger partial charge in [-0.2, -0.15) is 4.98 Å². The highest BCUT2D eigenvalue weighted by atomic mass is 16.5. The molecule has 0 unspecified atom stereocenters. The fourth-order valence-corrected chi connectivity index (χ4v) is 2.26. The SMILES string of the molecule is CCOC(C)(C)c1noc(C2CCC(=O)CC2)n1. The standard InChI is InChI=1S/C13H20N2O3/c1-4-17-13(2,3)12-14-11(18-15-12)9-5-7-10(16)8-6-9/h9H,4-8H2,1-3H3. The summed E-state index contributed by atoms with van der Waals surface area (Å²) in [4.78, 5) is 15.6. The first kappa shape index (κ1) is 13.2. The Bertz CT molecular complexity index is 416. The van der Waals surface area contributed by atoms with Gasteiger partial charge in [-0.3, -0.25) is 4.79 Å². The molecule has 0 saturated heterocycles. The molecule has 0 aliphatic heterocycles. The highest BCUT2D eigenvalue weighted by Gasteiger charge is 2.30. The van der Waals surface area contributed by atoms with E-state index in [9.17, 15) is 4.79 Å². The van der Waals surface area contributed by atoms with E-state index in [1.165, 1.54) is 0 Å². The van der Waals surface area contributed by atoms with Gasteiger partial charge >= 0.3 is 0 Å². The molecule has 1 fully saturated rings. The first-order valence-electron chi connectivity index (χ1n) is 6.52. The third kappa shape index (κ3) is 2.77. The van der Waals surface area contributed by atoms with Gasteiger partial charge in [-0.05, 0) is 33.6 Å². The van der Waals surface area contributed by atoms with Crippen LogP contribution in [0.25, 0.3) is 0 Å². The van der Waals surface area contributed by atoms with E-state index < -0.39 is 5.60 Å². The summed E-state index contributed by atoms with van der Waals surface area (Å²) < 4.78 is 10.9. The van der Waals surface area contributed by atoms with E-state index in [0.717, 1.165) is 12.8 Å². The molecule has 18 heavy (non-hydrogen) atoms. The Morgan fingerprint density at radius 3 is 2.67 bits per heavy atom. The summed E-state index contributed by atoms with van der Waals surface area (Å²) in [6, 6.07) is 0. The zero-order valence-electron chi connectivity index (χ0n) is 11.2. The molecule has 2 rings (SSSR count). The molecule has 0 bridgehead atoms. The van der Waals surface area contributed by atoms with Crippen molar-refractivity contribution in [1.29, 1.82) is 0 Å². The van der Waals surface area contributed by atoms with Crippen LogP contribution in [0, 0.1) is 0 Å². The highest BCUT2D eigenvalue weighted by molar-refractivity contribution is 5.79. The van der Waals surface area contributed by atoms with Crippen molar-refractivity contribution in [3.8, 4) is 0 Å². The molecule has 0 aromatic carbocycles. The van der Waals surface area contributed by atoms with Gasteiger partial charge < -0.3 is 9.26 Å². The predicted octanol–water partition coefficient (Wildman–Crippen LogP) is 2.57. The van der Waals surface area contributed by atoms with Gasteiger partial charge in [0.2, 0.25) is 11.7 Å². The Balaban J connectivity index is 2.08. The van der Waals surface area contributed by atoms with Gasteiger partial charge in [-0.1, -0.05) is 5.16 Å². The van der Waals surface area contributed by atoms with Crippen molar-refractivity contribution in [2.24, 2.45) is 0 Å². The number of carbonyl (C=O) groups excluding carboxylic acids is 1. The third-order valence-electron chi connectivity index (χ3n) is 3.38. The first-order chi connectivity index (χ1) is 8.53. The molecular formula is C13H20N2O3. The lowest BCUT2D eigenvalue weighted by Crippen LogP contribution is -2.23. The number of rotatable bonds is 4. The quantitative estimate of drug-likeness (QED) is 0.824. The molecule has 0 N–H and O–H groups in total. The molecule has 1 saturated carbocycles. The van der Waals surface area contributed by atoms with Crippen molar-refractivity contribution in [2.45, 2.75) is 58.0 Å². The number of ketones is 1. The Kier molecular flexibility index (Phi) is 3.80. The average molecular weight is 252 g/mol. The minimum absolute atomic E-state index is 0.223. The summed E-state index contributed by atoms with van der Waals surface area (Å²) >= 11 is 0. The van der Waals surface area contributed by atoms with E-state index in [-0.39, 0.29) is 5.92 Å². The molecule has 100 valence electrons. The van der Waals surface area contributed by atoms with Crippen LogP contribution in [0.5, 0.6) is 0 Å². The van der Waals surface area contributed by atoms with Crippen LogP contribution in [0.1, 0.15) is 64.1 Å². The van der Waals surface area contributed by atoms with E-state index in [2.05, 4.69) is 10.1 Å². The van der Waals surface area contributed by atoms with Crippen molar-refractivity contribution in [2.75, 3.05) is 6.61 Å². The van der Waals surface area contributed by atoms with Gasteiger partial charge in [-0.25, -0.2) is 0 Å². The molecule has 5 heteroatoms. The van der Waals surface area contributed by atoms with Crippen molar-refractivity contribution in [1.82, 2.24) is 10.1 Å². The lowest BCUT2D eigenvalue weighted by Gasteiger charge is -2.20. The maximum absolute atomic E-state index is 11.2. The van der Waals surface area contributed by atoms with Crippen molar-refractivity contribution < 1.29 is 14.1 Å². The number of Topliss-reactive ketones (excluding diaryl/α,β-unsaturated/α-hetero) is 1. The summed E-state index contributed by atoms with van der Waals surface area (Å²) in [5, 5.41) is 4.00. The second-order valence-electron chi connectivity index (χ2n) is 5.21. The van der Waals surface area contributed by atoms with Gasteiger partial charge in [0.05, 0.1) is 0 Å². The molecule has 1 aromatic rings. The maximum atomic E-state index is 11.2.